The zero-order chi connectivity index (χ0) is 15.2. The van der Waals surface area contributed by atoms with Crippen molar-refractivity contribution in [3.63, 3.8) is 0 Å². The zero-order valence-electron chi connectivity index (χ0n) is 11.8. The number of ketones is 1. The predicted molar refractivity (Wildman–Crippen MR) is 88.2 cm³/mol. The van der Waals surface area contributed by atoms with E-state index in [1.54, 1.807) is 30.3 Å². The minimum Gasteiger partial charge on any atom is -0.326 e. The minimum absolute atomic E-state index is 0.0214. The molecule has 21 heavy (non-hydrogen) atoms. The van der Waals surface area contributed by atoms with E-state index in [1.807, 2.05) is 25.1 Å². The number of carbonyl (C=O) groups excluding carboxylic acids is 2. The van der Waals surface area contributed by atoms with Crippen LogP contribution in [0.5, 0.6) is 0 Å². The lowest BCUT2D eigenvalue weighted by molar-refractivity contribution is -0.115. The number of nitrogens with one attached hydrogen (secondary N) is 1. The van der Waals surface area contributed by atoms with Gasteiger partial charge in [0.25, 0.3) is 0 Å². The lowest BCUT2D eigenvalue weighted by atomic mass is 10.0. The second-order valence-corrected chi connectivity index (χ2v) is 5.19. The number of carbonyl (C=O) groups is 2. The Kier molecular flexibility index (Phi) is 5.17. The number of hydrogen-bond donors (Lipinski definition) is 2. The Balaban J connectivity index is 2.19. The molecule has 0 spiro atoms. The Morgan fingerprint density at radius 2 is 1.76 bits per heavy atom. The molecule has 0 atom stereocenters. The van der Waals surface area contributed by atoms with Crippen LogP contribution in [0.25, 0.3) is 0 Å². The first kappa shape index (κ1) is 15.3. The summed E-state index contributed by atoms with van der Waals surface area (Å²) in [6, 6.07) is 14.4. The second-order valence-electron chi connectivity index (χ2n) is 4.75. The van der Waals surface area contributed by atoms with E-state index in [4.69, 9.17) is 0 Å². The lowest BCUT2D eigenvalue weighted by Crippen LogP contribution is -2.13. The molecule has 0 saturated carbocycles. The monoisotopic (exact) mass is 299 g/mol. The molecule has 2 rings (SSSR count). The SMILES string of the molecule is Cc1cc(C(=O)c2ccccc2)ccc1NC(=O)CCS. The van der Waals surface area contributed by atoms with Crippen molar-refractivity contribution in [3.8, 4) is 0 Å². The molecule has 0 unspecified atom stereocenters. The second kappa shape index (κ2) is 7.09. The van der Waals surface area contributed by atoms with Gasteiger partial charge in [-0.15, -0.1) is 0 Å². The smallest absolute Gasteiger partial charge is 0.225 e. The quantitative estimate of drug-likeness (QED) is 0.656. The number of anilines is 1. The summed E-state index contributed by atoms with van der Waals surface area (Å²) < 4.78 is 0. The summed E-state index contributed by atoms with van der Waals surface area (Å²) in [6.07, 6.45) is 0.368. The molecule has 0 heterocycles. The largest absolute Gasteiger partial charge is 0.326 e. The first-order chi connectivity index (χ1) is 10.1. The van der Waals surface area contributed by atoms with E-state index in [1.165, 1.54) is 0 Å². The fourth-order valence-corrected chi connectivity index (χ4v) is 2.22. The fraction of sp³-hybridized carbons (Fsp3) is 0.176. The maximum atomic E-state index is 12.3. The highest BCUT2D eigenvalue weighted by Crippen LogP contribution is 2.19. The van der Waals surface area contributed by atoms with Gasteiger partial charge in [-0.05, 0) is 36.4 Å². The van der Waals surface area contributed by atoms with Crippen LogP contribution in [0.4, 0.5) is 5.69 Å². The van der Waals surface area contributed by atoms with Crippen molar-refractivity contribution in [3.05, 3.63) is 65.2 Å². The summed E-state index contributed by atoms with van der Waals surface area (Å²) in [6.45, 7) is 1.87. The van der Waals surface area contributed by atoms with Gasteiger partial charge in [0.15, 0.2) is 5.78 Å². The topological polar surface area (TPSA) is 46.2 Å². The molecule has 108 valence electrons. The van der Waals surface area contributed by atoms with Crippen molar-refractivity contribution < 1.29 is 9.59 Å². The van der Waals surface area contributed by atoms with Crippen LogP contribution < -0.4 is 5.32 Å². The van der Waals surface area contributed by atoms with Crippen LogP contribution >= 0.6 is 12.6 Å². The standard InChI is InChI=1S/C17H17NO2S/c1-12-11-14(17(20)13-5-3-2-4-6-13)7-8-15(12)18-16(19)9-10-21/h2-8,11,21H,9-10H2,1H3,(H,18,19). The highest BCUT2D eigenvalue weighted by molar-refractivity contribution is 7.80. The molecule has 0 aliphatic carbocycles. The van der Waals surface area contributed by atoms with Crippen LogP contribution in [0.1, 0.15) is 27.9 Å². The van der Waals surface area contributed by atoms with Crippen molar-refractivity contribution in [2.24, 2.45) is 0 Å². The molecule has 0 aromatic heterocycles. The summed E-state index contributed by atoms with van der Waals surface area (Å²) in [4.78, 5) is 23.9. The van der Waals surface area contributed by atoms with Gasteiger partial charge in [-0.3, -0.25) is 9.59 Å². The van der Waals surface area contributed by atoms with E-state index >= 15 is 0 Å². The van der Waals surface area contributed by atoms with Gasteiger partial charge >= 0.3 is 0 Å². The van der Waals surface area contributed by atoms with Crippen LogP contribution in [0.3, 0.4) is 0 Å². The number of aryl methyl sites for hydroxylation is 1. The molecule has 3 nitrogen and oxygen atoms in total. The van der Waals surface area contributed by atoms with E-state index in [-0.39, 0.29) is 11.7 Å². The first-order valence-corrected chi connectivity index (χ1v) is 7.36. The van der Waals surface area contributed by atoms with Gasteiger partial charge < -0.3 is 5.32 Å². The van der Waals surface area contributed by atoms with E-state index in [9.17, 15) is 9.59 Å². The maximum absolute atomic E-state index is 12.3. The highest BCUT2D eigenvalue weighted by atomic mass is 32.1. The normalized spacial score (nSPS) is 10.2. The summed E-state index contributed by atoms with van der Waals surface area (Å²) in [5.74, 6) is 0.414. The van der Waals surface area contributed by atoms with Crippen LogP contribution in [-0.2, 0) is 4.79 Å². The molecule has 0 aliphatic rings. The van der Waals surface area contributed by atoms with Crippen molar-refractivity contribution in [1.29, 1.82) is 0 Å². The van der Waals surface area contributed by atoms with E-state index in [2.05, 4.69) is 17.9 Å². The Labute approximate surface area is 129 Å². The Morgan fingerprint density at radius 1 is 1.05 bits per heavy atom. The third kappa shape index (κ3) is 3.95. The number of amides is 1. The maximum Gasteiger partial charge on any atom is 0.225 e. The molecule has 0 radical (unpaired) electrons. The molecule has 0 saturated heterocycles. The summed E-state index contributed by atoms with van der Waals surface area (Å²) >= 11 is 4.03. The van der Waals surface area contributed by atoms with Crippen molar-refractivity contribution >= 4 is 30.0 Å². The van der Waals surface area contributed by atoms with Crippen LogP contribution in [-0.4, -0.2) is 17.4 Å². The van der Waals surface area contributed by atoms with Gasteiger partial charge in [-0.1, -0.05) is 30.3 Å². The number of thiol groups is 1. The van der Waals surface area contributed by atoms with E-state index < -0.39 is 0 Å². The molecule has 2 aromatic carbocycles. The third-order valence-electron chi connectivity index (χ3n) is 3.14. The molecular formula is C17H17NO2S. The average Bonchev–Trinajstić information content (AvgIpc) is 2.50. The van der Waals surface area contributed by atoms with Gasteiger partial charge in [0.2, 0.25) is 5.91 Å². The Bertz CT molecular complexity index is 653. The zero-order valence-corrected chi connectivity index (χ0v) is 12.7. The van der Waals surface area contributed by atoms with Crippen molar-refractivity contribution in [1.82, 2.24) is 0 Å². The Morgan fingerprint density at radius 3 is 2.38 bits per heavy atom. The van der Waals surface area contributed by atoms with Gasteiger partial charge in [0, 0.05) is 23.2 Å². The summed E-state index contributed by atoms with van der Waals surface area (Å²) in [5.41, 5.74) is 2.87. The average molecular weight is 299 g/mol. The van der Waals surface area contributed by atoms with Gasteiger partial charge in [0.1, 0.15) is 0 Å². The molecule has 2 aromatic rings. The molecular weight excluding hydrogens is 282 g/mol. The van der Waals surface area contributed by atoms with E-state index in [0.717, 1.165) is 11.3 Å². The third-order valence-corrected chi connectivity index (χ3v) is 3.36. The van der Waals surface area contributed by atoms with Crippen molar-refractivity contribution in [2.45, 2.75) is 13.3 Å². The van der Waals surface area contributed by atoms with Gasteiger partial charge in [-0.2, -0.15) is 12.6 Å². The van der Waals surface area contributed by atoms with E-state index in [0.29, 0.717) is 23.3 Å². The first-order valence-electron chi connectivity index (χ1n) is 6.73. The molecule has 4 heteroatoms. The number of rotatable bonds is 5. The van der Waals surface area contributed by atoms with Crippen LogP contribution in [0, 0.1) is 6.92 Å². The predicted octanol–water partition coefficient (Wildman–Crippen LogP) is 3.48. The van der Waals surface area contributed by atoms with Crippen molar-refractivity contribution in [2.75, 3.05) is 11.1 Å². The molecule has 0 aliphatic heterocycles. The summed E-state index contributed by atoms with van der Waals surface area (Å²) in [5, 5.41) is 2.82. The minimum atomic E-state index is -0.0739. The van der Waals surface area contributed by atoms with Crippen LogP contribution in [0.15, 0.2) is 48.5 Å². The fourth-order valence-electron chi connectivity index (χ4n) is 2.02. The highest BCUT2D eigenvalue weighted by Gasteiger charge is 2.11. The lowest BCUT2D eigenvalue weighted by Gasteiger charge is -2.09. The summed E-state index contributed by atoms with van der Waals surface area (Å²) in [7, 11) is 0. The molecule has 0 fully saturated rings. The van der Waals surface area contributed by atoms with Gasteiger partial charge in [0.05, 0.1) is 0 Å². The van der Waals surface area contributed by atoms with Crippen LogP contribution in [0.2, 0.25) is 0 Å². The molecule has 1 amide bonds. The molecule has 0 bridgehead atoms. The number of benzene rings is 2. The molecule has 1 N–H and O–H groups in total. The number of hydrogen-bond acceptors (Lipinski definition) is 3. The Hall–Kier alpha value is -2.07. The van der Waals surface area contributed by atoms with Gasteiger partial charge in [-0.25, -0.2) is 0 Å².